The van der Waals surface area contributed by atoms with Crippen molar-refractivity contribution in [2.75, 3.05) is 25.2 Å². The average Bonchev–Trinajstić information content (AvgIpc) is 3.63. The molecule has 1 aliphatic heterocycles. The summed E-state index contributed by atoms with van der Waals surface area (Å²) in [5.74, 6) is -0.832. The molecule has 0 atom stereocenters. The Morgan fingerprint density at radius 1 is 1.05 bits per heavy atom. The minimum absolute atomic E-state index is 0.195. The third-order valence-electron chi connectivity index (χ3n) is 6.98. The highest BCUT2D eigenvalue weighted by Gasteiger charge is 2.34. The molecule has 0 unspecified atom stereocenters. The molecule has 0 spiro atoms. The molecule has 0 aliphatic carbocycles. The Bertz CT molecular complexity index is 1710. The van der Waals surface area contributed by atoms with Gasteiger partial charge in [0.25, 0.3) is 5.91 Å². The second-order valence-corrected chi connectivity index (χ2v) is 11.4. The fourth-order valence-electron chi connectivity index (χ4n) is 4.93. The van der Waals surface area contributed by atoms with Gasteiger partial charge in [-0.05, 0) is 48.7 Å². The fourth-order valence-corrected chi connectivity index (χ4v) is 6.49. The second-order valence-electron chi connectivity index (χ2n) is 9.49. The molecule has 8 nitrogen and oxygen atoms in total. The zero-order chi connectivity index (χ0) is 28.5. The summed E-state index contributed by atoms with van der Waals surface area (Å²) in [4.78, 5) is 34.2. The van der Waals surface area contributed by atoms with E-state index in [1.165, 1.54) is 18.4 Å². The molecule has 0 bridgehead atoms. The van der Waals surface area contributed by atoms with Crippen molar-refractivity contribution in [3.05, 3.63) is 93.5 Å². The van der Waals surface area contributed by atoms with Crippen molar-refractivity contribution in [1.29, 1.82) is 0 Å². The first-order chi connectivity index (χ1) is 19.9. The monoisotopic (exact) mass is 606 g/mol. The van der Waals surface area contributed by atoms with Crippen molar-refractivity contribution < 1.29 is 19.1 Å². The summed E-state index contributed by atoms with van der Waals surface area (Å²) < 4.78 is 12.4. The standard InChI is InChI=1S/C30H24Cl2N4O4S/c1-39-30(38)28-25(36(21-9-13-40-14-10-21)29(37)22-8-7-20(31)15-23(22)32)17-26(41-28)19-5-3-18(4-6-19)24-16-27-33-11-2-12-35(27)34-24/h2-8,11-12,15-17,21H,9-10,13-14H2,1H3. The number of nitrogens with zero attached hydrogens (tertiary/aromatic N) is 4. The number of methoxy groups -OCH3 is 1. The lowest BCUT2D eigenvalue weighted by Gasteiger charge is -2.34. The first kappa shape index (κ1) is 27.4. The Morgan fingerprint density at radius 2 is 1.80 bits per heavy atom. The highest BCUT2D eigenvalue weighted by atomic mass is 35.5. The van der Waals surface area contributed by atoms with Crippen LogP contribution >= 0.6 is 34.5 Å². The topological polar surface area (TPSA) is 86.0 Å². The lowest BCUT2D eigenvalue weighted by atomic mass is 10.0. The maximum atomic E-state index is 14.1. The summed E-state index contributed by atoms with van der Waals surface area (Å²) in [6.07, 6.45) is 4.81. The minimum atomic E-state index is -0.517. The molecule has 0 radical (unpaired) electrons. The zero-order valence-corrected chi connectivity index (χ0v) is 24.2. The number of carbonyl (C=O) groups is 2. The van der Waals surface area contributed by atoms with Crippen LogP contribution < -0.4 is 4.90 Å². The molecule has 4 heterocycles. The van der Waals surface area contributed by atoms with Crippen LogP contribution in [0.3, 0.4) is 0 Å². The van der Waals surface area contributed by atoms with Gasteiger partial charge in [-0.1, -0.05) is 47.5 Å². The Hall–Kier alpha value is -3.76. The average molecular weight is 608 g/mol. The highest BCUT2D eigenvalue weighted by Crippen LogP contribution is 2.41. The van der Waals surface area contributed by atoms with E-state index in [1.54, 1.807) is 33.8 Å². The molecular weight excluding hydrogens is 583 g/mol. The molecule has 1 saturated heterocycles. The second kappa shape index (κ2) is 11.6. The number of amides is 1. The molecule has 1 aliphatic rings. The quantitative estimate of drug-likeness (QED) is 0.193. The number of esters is 1. The molecule has 0 saturated carbocycles. The largest absolute Gasteiger partial charge is 0.465 e. The Morgan fingerprint density at radius 3 is 2.51 bits per heavy atom. The van der Waals surface area contributed by atoms with Crippen molar-refractivity contribution in [3.63, 3.8) is 0 Å². The molecule has 0 N–H and O–H groups in total. The van der Waals surface area contributed by atoms with Crippen LogP contribution in [0.15, 0.2) is 73.1 Å². The lowest BCUT2D eigenvalue weighted by molar-refractivity contribution is 0.0606. The first-order valence-electron chi connectivity index (χ1n) is 12.9. The van der Waals surface area contributed by atoms with E-state index in [4.69, 9.17) is 32.7 Å². The normalized spacial score (nSPS) is 13.8. The number of hydrogen-bond donors (Lipinski definition) is 0. The van der Waals surface area contributed by atoms with Crippen LogP contribution in [0.5, 0.6) is 0 Å². The van der Waals surface area contributed by atoms with Gasteiger partial charge in [-0.15, -0.1) is 11.3 Å². The van der Waals surface area contributed by atoms with Gasteiger partial charge in [0.1, 0.15) is 4.88 Å². The fraction of sp³-hybridized carbons (Fsp3) is 0.200. The summed E-state index contributed by atoms with van der Waals surface area (Å²) in [5, 5.41) is 5.27. The van der Waals surface area contributed by atoms with E-state index < -0.39 is 5.97 Å². The third kappa shape index (κ3) is 5.46. The number of aromatic nitrogens is 3. The smallest absolute Gasteiger partial charge is 0.350 e. The molecule has 41 heavy (non-hydrogen) atoms. The van der Waals surface area contributed by atoms with E-state index in [1.807, 2.05) is 48.7 Å². The maximum absolute atomic E-state index is 14.1. The summed E-state index contributed by atoms with van der Waals surface area (Å²) in [5.41, 5.74) is 4.17. The summed E-state index contributed by atoms with van der Waals surface area (Å²) in [6, 6.07) is 18.1. The van der Waals surface area contributed by atoms with Gasteiger partial charge in [-0.3, -0.25) is 4.79 Å². The summed E-state index contributed by atoms with van der Waals surface area (Å²) >= 11 is 13.8. The van der Waals surface area contributed by atoms with Crippen LogP contribution in [0.2, 0.25) is 10.0 Å². The number of benzene rings is 2. The molecule has 1 amide bonds. The van der Waals surface area contributed by atoms with Crippen LogP contribution in [0.1, 0.15) is 32.9 Å². The van der Waals surface area contributed by atoms with Gasteiger partial charge >= 0.3 is 5.97 Å². The van der Waals surface area contributed by atoms with Crippen LogP contribution in [-0.4, -0.2) is 52.8 Å². The van der Waals surface area contributed by atoms with E-state index in [0.29, 0.717) is 47.2 Å². The highest BCUT2D eigenvalue weighted by molar-refractivity contribution is 7.18. The van der Waals surface area contributed by atoms with Crippen molar-refractivity contribution in [2.45, 2.75) is 18.9 Å². The van der Waals surface area contributed by atoms with Gasteiger partial charge in [-0.2, -0.15) is 5.10 Å². The summed E-state index contributed by atoms with van der Waals surface area (Å²) in [7, 11) is 1.33. The number of rotatable bonds is 6. The van der Waals surface area contributed by atoms with Crippen molar-refractivity contribution in [2.24, 2.45) is 0 Å². The van der Waals surface area contributed by atoms with Crippen molar-refractivity contribution >= 4 is 57.7 Å². The van der Waals surface area contributed by atoms with Gasteiger partial charge in [0.05, 0.1) is 29.1 Å². The minimum Gasteiger partial charge on any atom is -0.465 e. The third-order valence-corrected chi connectivity index (χ3v) is 8.68. The Kier molecular flexibility index (Phi) is 7.77. The molecule has 208 valence electrons. The number of fused-ring (bicyclic) bond motifs is 1. The van der Waals surface area contributed by atoms with Gasteiger partial charge in [0.2, 0.25) is 0 Å². The molecule has 3 aromatic heterocycles. The molecule has 2 aromatic carbocycles. The molecule has 1 fully saturated rings. The number of anilines is 1. The van der Waals surface area contributed by atoms with E-state index in [2.05, 4.69) is 10.1 Å². The number of halogens is 2. The molecular formula is C30H24Cl2N4O4S. The predicted octanol–water partition coefficient (Wildman–Crippen LogP) is 7.04. The van der Waals surface area contributed by atoms with E-state index in [-0.39, 0.29) is 17.0 Å². The van der Waals surface area contributed by atoms with Crippen LogP contribution in [0.4, 0.5) is 5.69 Å². The number of thiophene rings is 1. The zero-order valence-electron chi connectivity index (χ0n) is 21.9. The van der Waals surface area contributed by atoms with Crippen LogP contribution in [0, 0.1) is 0 Å². The van der Waals surface area contributed by atoms with E-state index in [9.17, 15) is 9.59 Å². The van der Waals surface area contributed by atoms with Gasteiger partial charge in [-0.25, -0.2) is 14.3 Å². The number of carbonyl (C=O) groups excluding carboxylic acids is 2. The van der Waals surface area contributed by atoms with Gasteiger partial charge in [0.15, 0.2) is 5.65 Å². The maximum Gasteiger partial charge on any atom is 0.350 e. The molecule has 6 rings (SSSR count). The lowest BCUT2D eigenvalue weighted by Crippen LogP contribution is -2.44. The van der Waals surface area contributed by atoms with E-state index >= 15 is 0 Å². The summed E-state index contributed by atoms with van der Waals surface area (Å²) in [6.45, 7) is 1.01. The molecule has 5 aromatic rings. The van der Waals surface area contributed by atoms with E-state index in [0.717, 1.165) is 27.3 Å². The Balaban J connectivity index is 1.40. The Labute approximate surface area is 250 Å². The van der Waals surface area contributed by atoms with Crippen molar-refractivity contribution in [3.8, 4) is 21.7 Å². The van der Waals surface area contributed by atoms with Gasteiger partial charge < -0.3 is 14.4 Å². The van der Waals surface area contributed by atoms with Crippen LogP contribution in [0.25, 0.3) is 27.3 Å². The SMILES string of the molecule is COC(=O)c1sc(-c2ccc(-c3cc4ncccn4n3)cc2)cc1N(C(=O)c1ccc(Cl)cc1Cl)C1CCOCC1. The van der Waals surface area contributed by atoms with Crippen LogP contribution in [-0.2, 0) is 9.47 Å². The van der Waals surface area contributed by atoms with Crippen molar-refractivity contribution in [1.82, 2.24) is 14.6 Å². The molecule has 11 heteroatoms. The van der Waals surface area contributed by atoms with Gasteiger partial charge in [0, 0.05) is 53.2 Å². The predicted molar refractivity (Wildman–Crippen MR) is 160 cm³/mol. The number of hydrogen-bond acceptors (Lipinski definition) is 7. The first-order valence-corrected chi connectivity index (χ1v) is 14.5. The number of ether oxygens (including phenoxy) is 2.